The lowest BCUT2D eigenvalue weighted by Gasteiger charge is -2.49. The topological polar surface area (TPSA) is 88.2 Å². The summed E-state index contributed by atoms with van der Waals surface area (Å²) in [6.07, 6.45) is 8.86. The maximum Gasteiger partial charge on any atom is 0.303 e. The SMILES string of the molecule is CC(=O)O[C@@H]1/C=C/[C@](C)(O)C[C@@H](C)C/C=C/C2[C@@H]3O[C@]3(C)[C@@H](C)[C@H]3[C@H](Cc4ccccc4)NC(=O)C231. The third kappa shape index (κ3) is 4.03. The van der Waals surface area contributed by atoms with Gasteiger partial charge in [-0.15, -0.1) is 0 Å². The molecule has 1 spiro atoms. The fourth-order valence-electron chi connectivity index (χ4n) is 7.54. The third-order valence-electron chi connectivity index (χ3n) is 9.24. The normalized spacial score (nSPS) is 47.3. The largest absolute Gasteiger partial charge is 0.457 e. The van der Waals surface area contributed by atoms with Gasteiger partial charge in [-0.3, -0.25) is 9.59 Å². The summed E-state index contributed by atoms with van der Waals surface area (Å²) < 4.78 is 12.4. The Morgan fingerprint density at radius 2 is 1.92 bits per heavy atom. The van der Waals surface area contributed by atoms with Gasteiger partial charge in [-0.25, -0.2) is 0 Å². The van der Waals surface area contributed by atoms with Crippen LogP contribution in [0.25, 0.3) is 0 Å². The first-order chi connectivity index (χ1) is 17.0. The monoisotopic (exact) mass is 493 g/mol. The van der Waals surface area contributed by atoms with E-state index in [0.717, 1.165) is 12.0 Å². The van der Waals surface area contributed by atoms with Crippen molar-refractivity contribution in [3.05, 3.63) is 60.2 Å². The summed E-state index contributed by atoms with van der Waals surface area (Å²) >= 11 is 0. The van der Waals surface area contributed by atoms with Gasteiger partial charge in [0.2, 0.25) is 5.91 Å². The van der Waals surface area contributed by atoms with E-state index in [-0.39, 0.29) is 47.3 Å². The van der Waals surface area contributed by atoms with E-state index in [1.54, 1.807) is 19.1 Å². The highest BCUT2D eigenvalue weighted by Crippen LogP contribution is 2.67. The van der Waals surface area contributed by atoms with E-state index < -0.39 is 23.1 Å². The average molecular weight is 494 g/mol. The summed E-state index contributed by atoms with van der Waals surface area (Å²) in [5, 5.41) is 14.5. The molecule has 2 unspecified atom stereocenters. The first-order valence-corrected chi connectivity index (χ1v) is 13.3. The zero-order chi connectivity index (χ0) is 25.9. The Bertz CT molecular complexity index is 1080. The van der Waals surface area contributed by atoms with Crippen LogP contribution >= 0.6 is 0 Å². The summed E-state index contributed by atoms with van der Waals surface area (Å²) in [4.78, 5) is 26.7. The smallest absolute Gasteiger partial charge is 0.303 e. The van der Waals surface area contributed by atoms with Crippen LogP contribution in [0.2, 0.25) is 0 Å². The highest BCUT2D eigenvalue weighted by Gasteiger charge is 2.78. The molecule has 36 heavy (non-hydrogen) atoms. The van der Waals surface area contributed by atoms with Gasteiger partial charge >= 0.3 is 5.97 Å². The number of aliphatic hydroxyl groups is 1. The average Bonchev–Trinajstić information content (AvgIpc) is 3.42. The Morgan fingerprint density at radius 1 is 1.19 bits per heavy atom. The molecule has 194 valence electrons. The third-order valence-corrected chi connectivity index (χ3v) is 9.24. The minimum absolute atomic E-state index is 0.0517. The van der Waals surface area contributed by atoms with Crippen molar-refractivity contribution in [3.63, 3.8) is 0 Å². The Hall–Kier alpha value is -2.44. The molecular formula is C30H39NO5. The van der Waals surface area contributed by atoms with Crippen LogP contribution in [0.15, 0.2) is 54.6 Å². The molecule has 1 aromatic carbocycles. The second-order valence-corrected chi connectivity index (χ2v) is 12.0. The minimum Gasteiger partial charge on any atom is -0.457 e. The number of esters is 1. The predicted molar refractivity (Wildman–Crippen MR) is 137 cm³/mol. The maximum absolute atomic E-state index is 14.3. The van der Waals surface area contributed by atoms with E-state index in [0.29, 0.717) is 12.8 Å². The minimum atomic E-state index is -1.08. The van der Waals surface area contributed by atoms with Crippen molar-refractivity contribution in [1.82, 2.24) is 5.32 Å². The molecule has 1 saturated carbocycles. The summed E-state index contributed by atoms with van der Waals surface area (Å²) in [6, 6.07) is 10.0. The Morgan fingerprint density at radius 3 is 2.61 bits per heavy atom. The van der Waals surface area contributed by atoms with Crippen LogP contribution in [-0.4, -0.2) is 46.4 Å². The maximum atomic E-state index is 14.3. The number of hydrogen-bond donors (Lipinski definition) is 2. The molecule has 0 radical (unpaired) electrons. The van der Waals surface area contributed by atoms with Crippen LogP contribution in [0.1, 0.15) is 53.0 Å². The predicted octanol–water partition coefficient (Wildman–Crippen LogP) is 3.98. The number of amides is 1. The van der Waals surface area contributed by atoms with Crippen LogP contribution in [0.5, 0.6) is 0 Å². The van der Waals surface area contributed by atoms with Gasteiger partial charge in [0, 0.05) is 24.8 Å². The van der Waals surface area contributed by atoms with Crippen molar-refractivity contribution < 1.29 is 24.2 Å². The first kappa shape index (κ1) is 25.2. The van der Waals surface area contributed by atoms with E-state index >= 15 is 0 Å². The summed E-state index contributed by atoms with van der Waals surface area (Å²) in [7, 11) is 0. The highest BCUT2D eigenvalue weighted by atomic mass is 16.6. The van der Waals surface area contributed by atoms with Crippen molar-refractivity contribution in [2.75, 3.05) is 0 Å². The molecule has 2 heterocycles. The number of carbonyl (C=O) groups is 2. The number of hydrogen-bond acceptors (Lipinski definition) is 5. The summed E-state index contributed by atoms with van der Waals surface area (Å²) in [6.45, 7) is 9.59. The van der Waals surface area contributed by atoms with E-state index in [2.05, 4.69) is 50.4 Å². The van der Waals surface area contributed by atoms with Crippen molar-refractivity contribution in [2.45, 2.75) is 83.3 Å². The Balaban J connectivity index is 1.68. The summed E-state index contributed by atoms with van der Waals surface area (Å²) in [5.41, 5.74) is -1.31. The molecule has 2 saturated heterocycles. The number of ether oxygens (including phenoxy) is 2. The van der Waals surface area contributed by atoms with Gasteiger partial charge in [-0.1, -0.05) is 62.4 Å². The van der Waals surface area contributed by atoms with Gasteiger partial charge in [-0.05, 0) is 56.6 Å². The van der Waals surface area contributed by atoms with Gasteiger partial charge in [0.1, 0.15) is 11.5 Å². The molecule has 1 aromatic rings. The van der Waals surface area contributed by atoms with Crippen molar-refractivity contribution >= 4 is 11.9 Å². The molecule has 5 rings (SSSR count). The van der Waals surface area contributed by atoms with Gasteiger partial charge in [0.15, 0.2) is 0 Å². The zero-order valence-corrected chi connectivity index (χ0v) is 21.9. The van der Waals surface area contributed by atoms with Crippen molar-refractivity contribution in [2.24, 2.45) is 29.1 Å². The lowest BCUT2D eigenvalue weighted by Crippen LogP contribution is -2.60. The van der Waals surface area contributed by atoms with E-state index in [9.17, 15) is 14.7 Å². The van der Waals surface area contributed by atoms with E-state index in [4.69, 9.17) is 9.47 Å². The molecule has 2 N–H and O–H groups in total. The van der Waals surface area contributed by atoms with Crippen LogP contribution in [0, 0.1) is 29.1 Å². The molecular weight excluding hydrogens is 454 g/mol. The Kier molecular flexibility index (Phi) is 6.19. The second-order valence-electron chi connectivity index (χ2n) is 12.0. The van der Waals surface area contributed by atoms with Gasteiger partial charge < -0.3 is 19.9 Å². The fraction of sp³-hybridized carbons (Fsp3) is 0.600. The lowest BCUT2D eigenvalue weighted by molar-refractivity contribution is -0.162. The highest BCUT2D eigenvalue weighted by molar-refractivity contribution is 5.89. The number of epoxide rings is 1. The molecule has 4 aliphatic rings. The first-order valence-electron chi connectivity index (χ1n) is 13.3. The molecule has 6 heteroatoms. The molecule has 0 aromatic heterocycles. The zero-order valence-electron chi connectivity index (χ0n) is 21.9. The van der Waals surface area contributed by atoms with Crippen LogP contribution in [0.3, 0.4) is 0 Å². The second kappa shape index (κ2) is 8.84. The van der Waals surface area contributed by atoms with Gasteiger partial charge in [0.05, 0.1) is 17.3 Å². The number of fused-ring (bicyclic) bond motifs is 2. The number of carbonyl (C=O) groups excluding carboxylic acids is 2. The Labute approximate surface area is 214 Å². The molecule has 2 aliphatic heterocycles. The fourth-order valence-corrected chi connectivity index (χ4v) is 7.54. The van der Waals surface area contributed by atoms with E-state index in [1.165, 1.54) is 6.92 Å². The number of allylic oxidation sites excluding steroid dienone is 1. The number of rotatable bonds is 3. The lowest BCUT2D eigenvalue weighted by atomic mass is 9.51. The number of nitrogens with one attached hydrogen (secondary N) is 1. The molecule has 10 atom stereocenters. The number of benzene rings is 1. The van der Waals surface area contributed by atoms with Gasteiger partial charge in [-0.2, -0.15) is 0 Å². The van der Waals surface area contributed by atoms with E-state index in [1.807, 2.05) is 18.2 Å². The standard InChI is InChI=1S/C30H39NO5/c1-18-10-9-13-22-26-29(5,36-26)19(2)25-23(16-21-11-7-6-8-12-21)31-27(33)30(22,25)24(35-20(3)32)14-15-28(4,34)17-18/h6-9,11-15,18-19,22-26,34H,10,16-17H2,1-5H3,(H,31,33)/b13-9+,15-14+/t18-,19-,22?,23-,24+,25-,26-,28-,29+,30?/m0/s1. The molecule has 6 nitrogen and oxygen atoms in total. The van der Waals surface area contributed by atoms with Crippen LogP contribution in [-0.2, 0) is 25.5 Å². The molecule has 3 fully saturated rings. The molecule has 1 amide bonds. The van der Waals surface area contributed by atoms with Crippen LogP contribution < -0.4 is 5.32 Å². The molecule has 2 aliphatic carbocycles. The summed E-state index contributed by atoms with van der Waals surface area (Å²) in [5.74, 6) is -0.642. The van der Waals surface area contributed by atoms with Crippen LogP contribution in [0.4, 0.5) is 0 Å². The quantitative estimate of drug-likeness (QED) is 0.378. The van der Waals surface area contributed by atoms with Crippen molar-refractivity contribution in [1.29, 1.82) is 0 Å². The molecule has 0 bridgehead atoms. The van der Waals surface area contributed by atoms with Gasteiger partial charge in [0.25, 0.3) is 0 Å². The van der Waals surface area contributed by atoms with Crippen molar-refractivity contribution in [3.8, 4) is 0 Å².